The number of ether oxygens (including phenoxy) is 1. The zero-order valence-electron chi connectivity index (χ0n) is 10.8. The van der Waals surface area contributed by atoms with Crippen LogP contribution >= 0.6 is 11.6 Å². The highest BCUT2D eigenvalue weighted by molar-refractivity contribution is 6.30. The summed E-state index contributed by atoms with van der Waals surface area (Å²) in [5.41, 5.74) is -1.07. The molecular formula is C15H12ClF3O2. The molecule has 1 N–H and O–H groups in total. The summed E-state index contributed by atoms with van der Waals surface area (Å²) in [5.74, 6) is 0.419. The molecule has 0 fully saturated rings. The molecule has 0 bridgehead atoms. The van der Waals surface area contributed by atoms with Crippen molar-refractivity contribution < 1.29 is 23.0 Å². The van der Waals surface area contributed by atoms with Gasteiger partial charge in [-0.2, -0.15) is 13.2 Å². The van der Waals surface area contributed by atoms with Gasteiger partial charge in [-0.25, -0.2) is 0 Å². The SMILES string of the molecule is OC(COc1ccc(Cl)cc1)c1ccccc1C(F)(F)F. The topological polar surface area (TPSA) is 29.5 Å². The molecule has 0 heterocycles. The Morgan fingerprint density at radius 1 is 1.05 bits per heavy atom. The Bertz CT molecular complexity index is 597. The summed E-state index contributed by atoms with van der Waals surface area (Å²) >= 11 is 5.71. The molecule has 0 spiro atoms. The van der Waals surface area contributed by atoms with Gasteiger partial charge < -0.3 is 9.84 Å². The molecule has 112 valence electrons. The quantitative estimate of drug-likeness (QED) is 0.901. The number of alkyl halides is 3. The van der Waals surface area contributed by atoms with Gasteiger partial charge >= 0.3 is 6.18 Å². The molecular weight excluding hydrogens is 305 g/mol. The average Bonchev–Trinajstić information content (AvgIpc) is 2.45. The summed E-state index contributed by atoms with van der Waals surface area (Å²) in [4.78, 5) is 0. The van der Waals surface area contributed by atoms with Gasteiger partial charge in [-0.15, -0.1) is 0 Å². The smallest absolute Gasteiger partial charge is 0.416 e. The van der Waals surface area contributed by atoms with E-state index in [0.717, 1.165) is 6.07 Å². The van der Waals surface area contributed by atoms with Crippen molar-refractivity contribution in [2.24, 2.45) is 0 Å². The molecule has 0 amide bonds. The van der Waals surface area contributed by atoms with Crippen LogP contribution in [0.4, 0.5) is 13.2 Å². The second-order valence-corrected chi connectivity index (χ2v) is 4.80. The van der Waals surface area contributed by atoms with Gasteiger partial charge in [0.15, 0.2) is 0 Å². The highest BCUT2D eigenvalue weighted by Gasteiger charge is 2.34. The van der Waals surface area contributed by atoms with Gasteiger partial charge in [-0.1, -0.05) is 29.8 Å². The summed E-state index contributed by atoms with van der Waals surface area (Å²) in [6.45, 7) is -0.283. The molecule has 2 aromatic rings. The molecule has 0 aromatic heterocycles. The van der Waals surface area contributed by atoms with Gasteiger partial charge in [0.05, 0.1) is 5.56 Å². The number of benzene rings is 2. The van der Waals surface area contributed by atoms with Gasteiger partial charge in [-0.3, -0.25) is 0 Å². The Morgan fingerprint density at radius 3 is 2.29 bits per heavy atom. The fraction of sp³-hybridized carbons (Fsp3) is 0.200. The number of hydrogen-bond acceptors (Lipinski definition) is 2. The predicted octanol–water partition coefficient (Wildman–Crippen LogP) is 4.47. The van der Waals surface area contributed by atoms with Crippen LogP contribution in [-0.2, 0) is 6.18 Å². The summed E-state index contributed by atoms with van der Waals surface area (Å²) in [6.07, 6.45) is -5.89. The van der Waals surface area contributed by atoms with E-state index in [0.29, 0.717) is 10.8 Å². The molecule has 0 saturated carbocycles. The second-order valence-electron chi connectivity index (χ2n) is 4.37. The molecule has 2 rings (SSSR count). The Hall–Kier alpha value is -1.72. The van der Waals surface area contributed by atoms with Crippen molar-refractivity contribution in [1.29, 1.82) is 0 Å². The molecule has 2 aromatic carbocycles. The third kappa shape index (κ3) is 4.12. The normalized spacial score (nSPS) is 13.0. The number of aliphatic hydroxyl groups is 1. The van der Waals surface area contributed by atoms with Gasteiger partial charge in [0.2, 0.25) is 0 Å². The van der Waals surface area contributed by atoms with Crippen LogP contribution in [0.5, 0.6) is 5.75 Å². The molecule has 2 nitrogen and oxygen atoms in total. The maximum absolute atomic E-state index is 12.8. The highest BCUT2D eigenvalue weighted by Crippen LogP contribution is 2.34. The molecule has 6 heteroatoms. The van der Waals surface area contributed by atoms with E-state index in [9.17, 15) is 18.3 Å². The molecule has 0 aliphatic rings. The fourth-order valence-electron chi connectivity index (χ4n) is 1.84. The van der Waals surface area contributed by atoms with E-state index in [1.807, 2.05) is 0 Å². The standard InChI is InChI=1S/C15H12ClF3O2/c16-10-5-7-11(8-6-10)21-9-14(20)12-3-1-2-4-13(12)15(17,18)19/h1-8,14,20H,9H2. The van der Waals surface area contributed by atoms with E-state index in [1.54, 1.807) is 24.3 Å². The van der Waals surface area contributed by atoms with E-state index in [-0.39, 0.29) is 12.2 Å². The number of aliphatic hydroxyl groups excluding tert-OH is 1. The minimum absolute atomic E-state index is 0.209. The first kappa shape index (κ1) is 15.7. The predicted molar refractivity (Wildman–Crippen MR) is 73.4 cm³/mol. The first-order valence-corrected chi connectivity index (χ1v) is 6.48. The van der Waals surface area contributed by atoms with E-state index >= 15 is 0 Å². The lowest BCUT2D eigenvalue weighted by Crippen LogP contribution is -2.16. The third-order valence-corrected chi connectivity index (χ3v) is 3.10. The summed E-state index contributed by atoms with van der Waals surface area (Å²) in [7, 11) is 0. The largest absolute Gasteiger partial charge is 0.491 e. The van der Waals surface area contributed by atoms with Crippen molar-refractivity contribution in [2.75, 3.05) is 6.61 Å². The van der Waals surface area contributed by atoms with Crippen LogP contribution in [-0.4, -0.2) is 11.7 Å². The Kier molecular flexibility index (Phi) is 4.75. The summed E-state index contributed by atoms with van der Waals surface area (Å²) in [6, 6.07) is 11.2. The maximum Gasteiger partial charge on any atom is 0.416 e. The zero-order valence-corrected chi connectivity index (χ0v) is 11.5. The van der Waals surface area contributed by atoms with Crippen molar-refractivity contribution in [3.05, 3.63) is 64.7 Å². The van der Waals surface area contributed by atoms with Crippen molar-refractivity contribution in [3.8, 4) is 5.75 Å². The van der Waals surface area contributed by atoms with Crippen LogP contribution < -0.4 is 4.74 Å². The maximum atomic E-state index is 12.8. The molecule has 0 saturated heterocycles. The third-order valence-electron chi connectivity index (χ3n) is 2.85. The van der Waals surface area contributed by atoms with Crippen LogP contribution in [0.1, 0.15) is 17.2 Å². The fourth-order valence-corrected chi connectivity index (χ4v) is 1.97. The Labute approximate surface area is 124 Å². The molecule has 1 atom stereocenters. The van der Waals surface area contributed by atoms with Crippen LogP contribution in [0.15, 0.2) is 48.5 Å². The molecule has 0 aliphatic carbocycles. The number of hydrogen-bond donors (Lipinski definition) is 1. The van der Waals surface area contributed by atoms with Crippen molar-refractivity contribution in [2.45, 2.75) is 12.3 Å². The Balaban J connectivity index is 2.10. The monoisotopic (exact) mass is 316 g/mol. The zero-order chi connectivity index (χ0) is 15.5. The van der Waals surface area contributed by atoms with Crippen LogP contribution in [0, 0.1) is 0 Å². The van der Waals surface area contributed by atoms with Crippen molar-refractivity contribution in [3.63, 3.8) is 0 Å². The lowest BCUT2D eigenvalue weighted by Gasteiger charge is -2.18. The van der Waals surface area contributed by atoms with Crippen LogP contribution in [0.3, 0.4) is 0 Å². The van der Waals surface area contributed by atoms with E-state index in [4.69, 9.17) is 16.3 Å². The number of halogens is 4. The van der Waals surface area contributed by atoms with Crippen LogP contribution in [0.2, 0.25) is 5.02 Å². The van der Waals surface area contributed by atoms with Crippen molar-refractivity contribution >= 4 is 11.6 Å². The van der Waals surface area contributed by atoms with Gasteiger partial charge in [-0.05, 0) is 35.9 Å². The summed E-state index contributed by atoms with van der Waals surface area (Å²) < 4.78 is 43.8. The first-order chi connectivity index (χ1) is 9.88. The van der Waals surface area contributed by atoms with E-state index in [2.05, 4.69) is 0 Å². The minimum Gasteiger partial charge on any atom is -0.491 e. The van der Waals surface area contributed by atoms with Gasteiger partial charge in [0.25, 0.3) is 0 Å². The molecule has 0 aliphatic heterocycles. The summed E-state index contributed by atoms with van der Waals surface area (Å²) in [5, 5.41) is 10.4. The minimum atomic E-state index is -4.52. The van der Waals surface area contributed by atoms with Gasteiger partial charge in [0.1, 0.15) is 18.5 Å². The van der Waals surface area contributed by atoms with E-state index in [1.165, 1.54) is 18.2 Å². The lowest BCUT2D eigenvalue weighted by atomic mass is 10.0. The number of rotatable bonds is 4. The Morgan fingerprint density at radius 2 is 1.67 bits per heavy atom. The first-order valence-electron chi connectivity index (χ1n) is 6.10. The second kappa shape index (κ2) is 6.37. The van der Waals surface area contributed by atoms with Crippen molar-refractivity contribution in [1.82, 2.24) is 0 Å². The van der Waals surface area contributed by atoms with Crippen LogP contribution in [0.25, 0.3) is 0 Å². The highest BCUT2D eigenvalue weighted by atomic mass is 35.5. The molecule has 21 heavy (non-hydrogen) atoms. The van der Waals surface area contributed by atoms with E-state index < -0.39 is 17.8 Å². The molecule has 0 radical (unpaired) electrons. The van der Waals surface area contributed by atoms with Gasteiger partial charge in [0, 0.05) is 5.02 Å². The lowest BCUT2D eigenvalue weighted by molar-refractivity contribution is -0.139. The molecule has 1 unspecified atom stereocenters. The average molecular weight is 317 g/mol.